The van der Waals surface area contributed by atoms with Gasteiger partial charge in [0.05, 0.1) is 17.6 Å². The van der Waals surface area contributed by atoms with Crippen molar-refractivity contribution in [2.75, 3.05) is 6.61 Å². The summed E-state index contributed by atoms with van der Waals surface area (Å²) in [4.78, 5) is 18.2. The molecule has 1 radical (unpaired) electrons. The summed E-state index contributed by atoms with van der Waals surface area (Å²) in [5, 5.41) is 3.92. The number of halogens is 1. The number of primary amides is 1. The molecular weight excluding hydrogens is 277 g/mol. The Morgan fingerprint density at radius 3 is 3.05 bits per heavy atom. The number of hydrogen-bond donors (Lipinski definition) is 2. The van der Waals surface area contributed by atoms with Crippen molar-refractivity contribution in [3.05, 3.63) is 30.2 Å². The van der Waals surface area contributed by atoms with Gasteiger partial charge in [-0.05, 0) is 6.92 Å². The van der Waals surface area contributed by atoms with E-state index in [1.807, 2.05) is 0 Å². The van der Waals surface area contributed by atoms with Crippen molar-refractivity contribution in [1.82, 2.24) is 19.7 Å². The van der Waals surface area contributed by atoms with Crippen molar-refractivity contribution in [3.63, 3.8) is 0 Å². The number of rotatable bonds is 3. The van der Waals surface area contributed by atoms with Gasteiger partial charge in [-0.1, -0.05) is 0 Å². The van der Waals surface area contributed by atoms with Crippen LogP contribution in [0.2, 0.25) is 0 Å². The smallest absolute Gasteiger partial charge is 0.339 e. The molecule has 0 bridgehead atoms. The monoisotopic (exact) mass is 288 g/mol. The van der Waals surface area contributed by atoms with Crippen molar-refractivity contribution in [3.8, 4) is 17.3 Å². The average molecular weight is 288 g/mol. The SMILES string of the molecule is CCOc1cc2[nH]c(-c3[c]cn(C(N)=O)n3)nc2cc1F. The summed E-state index contributed by atoms with van der Waals surface area (Å²) >= 11 is 0. The molecule has 7 nitrogen and oxygen atoms in total. The van der Waals surface area contributed by atoms with E-state index in [2.05, 4.69) is 21.1 Å². The van der Waals surface area contributed by atoms with Crippen LogP contribution in [0, 0.1) is 11.9 Å². The summed E-state index contributed by atoms with van der Waals surface area (Å²) < 4.78 is 19.9. The van der Waals surface area contributed by atoms with Crippen LogP contribution in [0.4, 0.5) is 9.18 Å². The van der Waals surface area contributed by atoms with Gasteiger partial charge in [-0.15, -0.1) is 0 Å². The lowest BCUT2D eigenvalue weighted by molar-refractivity contribution is 0.247. The molecule has 1 amide bonds. The summed E-state index contributed by atoms with van der Waals surface area (Å²) in [6.07, 6.45) is 1.30. The van der Waals surface area contributed by atoms with Crippen LogP contribution in [-0.2, 0) is 0 Å². The Labute approximate surface area is 118 Å². The van der Waals surface area contributed by atoms with Crippen molar-refractivity contribution < 1.29 is 13.9 Å². The Kier molecular flexibility index (Phi) is 3.05. The Bertz CT molecular complexity index is 823. The number of aromatic nitrogens is 4. The first-order valence-electron chi connectivity index (χ1n) is 6.18. The van der Waals surface area contributed by atoms with Gasteiger partial charge in [0.2, 0.25) is 0 Å². The molecule has 2 heterocycles. The highest BCUT2D eigenvalue weighted by Gasteiger charge is 2.13. The van der Waals surface area contributed by atoms with Crippen LogP contribution in [0.15, 0.2) is 18.3 Å². The minimum atomic E-state index is -0.724. The van der Waals surface area contributed by atoms with Gasteiger partial charge in [0, 0.05) is 24.4 Å². The lowest BCUT2D eigenvalue weighted by atomic mass is 10.3. The Morgan fingerprint density at radius 1 is 1.57 bits per heavy atom. The fourth-order valence-electron chi connectivity index (χ4n) is 1.91. The predicted octanol–water partition coefficient (Wildman–Crippen LogP) is 1.69. The lowest BCUT2D eigenvalue weighted by Crippen LogP contribution is -2.19. The Morgan fingerprint density at radius 2 is 2.38 bits per heavy atom. The van der Waals surface area contributed by atoms with Gasteiger partial charge >= 0.3 is 6.03 Å². The first-order valence-corrected chi connectivity index (χ1v) is 6.18. The molecule has 107 valence electrons. The van der Waals surface area contributed by atoms with E-state index in [1.165, 1.54) is 18.3 Å². The normalized spacial score (nSPS) is 11.0. The predicted molar refractivity (Wildman–Crippen MR) is 72.3 cm³/mol. The fraction of sp³-hybridized carbons (Fsp3) is 0.154. The van der Waals surface area contributed by atoms with Gasteiger partial charge in [-0.25, -0.2) is 14.2 Å². The van der Waals surface area contributed by atoms with Gasteiger partial charge in [-0.2, -0.15) is 9.78 Å². The molecule has 0 aliphatic heterocycles. The zero-order valence-corrected chi connectivity index (χ0v) is 11.1. The number of nitrogens with zero attached hydrogens (tertiary/aromatic N) is 3. The van der Waals surface area contributed by atoms with Crippen molar-refractivity contribution >= 4 is 17.1 Å². The third kappa shape index (κ3) is 2.31. The van der Waals surface area contributed by atoms with E-state index in [-0.39, 0.29) is 5.75 Å². The second-order valence-corrected chi connectivity index (χ2v) is 4.22. The zero-order chi connectivity index (χ0) is 15.0. The number of hydrogen-bond acceptors (Lipinski definition) is 4. The van der Waals surface area contributed by atoms with Crippen LogP contribution in [-0.4, -0.2) is 32.4 Å². The number of imidazole rings is 1. The minimum Gasteiger partial charge on any atom is -0.491 e. The standard InChI is InChI=1S/C13H11FN5O2/c1-2-21-11-6-10-9(5-7(11)14)16-12(17-10)8-3-4-19(18-8)13(15)20/h4-6H,2H2,1H3,(H2,15,20)(H,16,17). The van der Waals surface area contributed by atoms with Gasteiger partial charge in [0.15, 0.2) is 17.4 Å². The first-order chi connectivity index (χ1) is 10.1. The summed E-state index contributed by atoms with van der Waals surface area (Å²) in [5.74, 6) is 0.0129. The number of ether oxygens (including phenoxy) is 1. The summed E-state index contributed by atoms with van der Waals surface area (Å²) in [6, 6.07) is 4.82. The molecule has 0 saturated carbocycles. The third-order valence-electron chi connectivity index (χ3n) is 2.82. The van der Waals surface area contributed by atoms with E-state index in [4.69, 9.17) is 10.5 Å². The molecule has 0 aliphatic carbocycles. The third-order valence-corrected chi connectivity index (χ3v) is 2.82. The van der Waals surface area contributed by atoms with E-state index in [0.717, 1.165) is 4.68 Å². The maximum atomic E-state index is 13.8. The number of fused-ring (bicyclic) bond motifs is 1. The van der Waals surface area contributed by atoms with Gasteiger partial charge in [0.1, 0.15) is 5.69 Å². The Balaban J connectivity index is 2.05. The van der Waals surface area contributed by atoms with Crippen LogP contribution in [0.1, 0.15) is 6.92 Å². The first kappa shape index (κ1) is 13.1. The highest BCUT2D eigenvalue weighted by atomic mass is 19.1. The quantitative estimate of drug-likeness (QED) is 0.766. The van der Waals surface area contributed by atoms with E-state index in [9.17, 15) is 9.18 Å². The van der Waals surface area contributed by atoms with E-state index in [0.29, 0.717) is 29.2 Å². The van der Waals surface area contributed by atoms with Crippen LogP contribution in [0.25, 0.3) is 22.6 Å². The maximum Gasteiger partial charge on any atom is 0.339 e. The molecule has 21 heavy (non-hydrogen) atoms. The summed E-state index contributed by atoms with van der Waals surface area (Å²) in [6.45, 7) is 2.13. The molecule has 3 N–H and O–H groups in total. The topological polar surface area (TPSA) is 98.8 Å². The molecule has 3 rings (SSSR count). The van der Waals surface area contributed by atoms with Crippen LogP contribution in [0.5, 0.6) is 5.75 Å². The number of nitrogens with two attached hydrogens (primary N) is 1. The number of carbonyl (C=O) groups is 1. The van der Waals surface area contributed by atoms with Gasteiger partial charge < -0.3 is 15.5 Å². The molecule has 0 atom stereocenters. The second kappa shape index (κ2) is 4.89. The molecule has 0 fully saturated rings. The molecule has 8 heteroatoms. The molecule has 0 saturated heterocycles. The second-order valence-electron chi connectivity index (χ2n) is 4.22. The lowest BCUT2D eigenvalue weighted by Gasteiger charge is -2.03. The van der Waals surface area contributed by atoms with Crippen molar-refractivity contribution in [2.45, 2.75) is 6.92 Å². The van der Waals surface area contributed by atoms with Crippen molar-refractivity contribution in [1.29, 1.82) is 0 Å². The molecular formula is C13H11FN5O2. The number of aromatic amines is 1. The molecule has 2 aromatic heterocycles. The van der Waals surface area contributed by atoms with Gasteiger partial charge in [-0.3, -0.25) is 0 Å². The minimum absolute atomic E-state index is 0.145. The summed E-state index contributed by atoms with van der Waals surface area (Å²) in [5.41, 5.74) is 6.43. The average Bonchev–Trinajstić information content (AvgIpc) is 3.05. The zero-order valence-electron chi connectivity index (χ0n) is 11.1. The van der Waals surface area contributed by atoms with Crippen molar-refractivity contribution in [2.24, 2.45) is 5.73 Å². The molecule has 0 unspecified atom stereocenters. The molecule has 0 spiro atoms. The number of benzene rings is 1. The highest BCUT2D eigenvalue weighted by molar-refractivity contribution is 5.80. The number of amides is 1. The van der Waals surface area contributed by atoms with E-state index in [1.54, 1.807) is 6.92 Å². The van der Waals surface area contributed by atoms with E-state index < -0.39 is 11.8 Å². The summed E-state index contributed by atoms with van der Waals surface area (Å²) in [7, 11) is 0. The maximum absolute atomic E-state index is 13.8. The highest BCUT2D eigenvalue weighted by Crippen LogP contribution is 2.25. The van der Waals surface area contributed by atoms with Crippen LogP contribution < -0.4 is 10.5 Å². The molecule has 3 aromatic rings. The fourth-order valence-corrected chi connectivity index (χ4v) is 1.91. The Hall–Kier alpha value is -2.90. The molecule has 1 aromatic carbocycles. The van der Waals surface area contributed by atoms with Crippen LogP contribution in [0.3, 0.4) is 0 Å². The largest absolute Gasteiger partial charge is 0.491 e. The number of carbonyl (C=O) groups excluding carboxylic acids is 1. The van der Waals surface area contributed by atoms with Crippen LogP contribution >= 0.6 is 0 Å². The number of H-pyrrole nitrogens is 1. The molecule has 0 aliphatic rings. The number of nitrogens with one attached hydrogen (secondary N) is 1. The van der Waals surface area contributed by atoms with E-state index >= 15 is 0 Å². The van der Waals surface area contributed by atoms with Gasteiger partial charge in [0.25, 0.3) is 0 Å².